The monoisotopic (exact) mass is 559 g/mol. The van der Waals surface area contributed by atoms with E-state index in [2.05, 4.69) is 5.32 Å². The van der Waals surface area contributed by atoms with Gasteiger partial charge in [-0.15, -0.1) is 0 Å². The van der Waals surface area contributed by atoms with Gasteiger partial charge in [0.15, 0.2) is 15.6 Å². The van der Waals surface area contributed by atoms with E-state index in [0.29, 0.717) is 56.9 Å². The number of furan rings is 1. The summed E-state index contributed by atoms with van der Waals surface area (Å²) in [6, 6.07) is 15.2. The van der Waals surface area contributed by atoms with Crippen LogP contribution in [0.1, 0.15) is 57.5 Å². The predicted molar refractivity (Wildman–Crippen MR) is 152 cm³/mol. The van der Waals surface area contributed by atoms with Gasteiger partial charge in [0.1, 0.15) is 17.2 Å². The smallest absolute Gasteiger partial charge is 0.255 e. The van der Waals surface area contributed by atoms with Crippen LogP contribution in [0.15, 0.2) is 59.0 Å². The van der Waals surface area contributed by atoms with E-state index in [4.69, 9.17) is 4.42 Å². The van der Waals surface area contributed by atoms with E-state index < -0.39 is 15.7 Å². The molecule has 1 amide bonds. The molecule has 0 spiro atoms. The van der Waals surface area contributed by atoms with Gasteiger partial charge in [-0.25, -0.2) is 12.8 Å². The molecule has 3 fully saturated rings. The standard InChI is InChI=1S/C32H30FNO5S/c1-18-4-6-20(7-5-18)30-29(31(36)34-2)25-12-23(22(11-28(25)39-30)17-40(3,37)38)21-8-9-26(33)24(10-21)27(35)16-32-13-19(14-32)15-32/h4-12,19H,13-17H2,1-3H3,(H,34,36). The van der Waals surface area contributed by atoms with Crippen LogP contribution in [0.4, 0.5) is 4.39 Å². The van der Waals surface area contributed by atoms with Crippen LogP contribution in [0.3, 0.4) is 0 Å². The highest BCUT2D eigenvalue weighted by molar-refractivity contribution is 7.89. The summed E-state index contributed by atoms with van der Waals surface area (Å²) in [5.74, 6) is -0.404. The van der Waals surface area contributed by atoms with Gasteiger partial charge in [0, 0.05) is 30.7 Å². The number of rotatable bonds is 8. The van der Waals surface area contributed by atoms with Crippen LogP contribution in [-0.4, -0.2) is 33.4 Å². The van der Waals surface area contributed by atoms with E-state index in [0.717, 1.165) is 31.1 Å². The molecule has 3 saturated carbocycles. The lowest BCUT2D eigenvalue weighted by Crippen LogP contribution is -2.52. The molecule has 40 heavy (non-hydrogen) atoms. The van der Waals surface area contributed by atoms with E-state index in [1.165, 1.54) is 19.2 Å². The molecule has 0 saturated heterocycles. The van der Waals surface area contributed by atoms with Crippen molar-refractivity contribution in [1.29, 1.82) is 0 Å². The first-order chi connectivity index (χ1) is 18.9. The lowest BCUT2D eigenvalue weighted by Gasteiger charge is -2.62. The molecule has 1 aromatic heterocycles. The maximum Gasteiger partial charge on any atom is 0.255 e. The van der Waals surface area contributed by atoms with Crippen LogP contribution < -0.4 is 5.32 Å². The molecule has 0 radical (unpaired) electrons. The van der Waals surface area contributed by atoms with E-state index in [1.54, 1.807) is 18.2 Å². The fourth-order valence-corrected chi connectivity index (χ4v) is 7.13. The van der Waals surface area contributed by atoms with Crippen LogP contribution in [0, 0.1) is 24.1 Å². The number of benzene rings is 3. The number of nitrogens with one attached hydrogen (secondary N) is 1. The van der Waals surface area contributed by atoms with Crippen LogP contribution in [-0.2, 0) is 15.6 Å². The normalized spacial score (nSPS) is 19.6. The first-order valence-corrected chi connectivity index (χ1v) is 15.4. The number of fused-ring (bicyclic) bond motifs is 1. The number of carbonyl (C=O) groups is 2. The summed E-state index contributed by atoms with van der Waals surface area (Å²) in [5, 5.41) is 3.17. The molecule has 206 valence electrons. The van der Waals surface area contributed by atoms with Crippen molar-refractivity contribution in [3.8, 4) is 22.5 Å². The fourth-order valence-electron chi connectivity index (χ4n) is 6.33. The Balaban J connectivity index is 1.52. The van der Waals surface area contributed by atoms with Crippen molar-refractivity contribution in [1.82, 2.24) is 5.32 Å². The van der Waals surface area contributed by atoms with Gasteiger partial charge in [-0.3, -0.25) is 9.59 Å². The molecule has 7 rings (SSSR count). The topological polar surface area (TPSA) is 93.4 Å². The second kappa shape index (κ2) is 9.41. The highest BCUT2D eigenvalue weighted by Gasteiger charge is 2.57. The number of sulfone groups is 1. The Kier molecular flexibility index (Phi) is 6.22. The van der Waals surface area contributed by atoms with Crippen molar-refractivity contribution in [3.05, 3.63) is 82.7 Å². The second-order valence-corrected chi connectivity index (χ2v) is 13.7. The number of aryl methyl sites for hydroxylation is 1. The zero-order valence-corrected chi connectivity index (χ0v) is 23.5. The summed E-state index contributed by atoms with van der Waals surface area (Å²) in [6.45, 7) is 1.96. The molecule has 6 nitrogen and oxygen atoms in total. The number of amides is 1. The quantitative estimate of drug-likeness (QED) is 0.249. The van der Waals surface area contributed by atoms with Gasteiger partial charge in [0.2, 0.25) is 0 Å². The lowest BCUT2D eigenvalue weighted by molar-refractivity contribution is -0.103. The highest BCUT2D eigenvalue weighted by Crippen LogP contribution is 2.66. The fraction of sp³-hybridized carbons (Fsp3) is 0.312. The van der Waals surface area contributed by atoms with E-state index >= 15 is 0 Å². The first kappa shape index (κ1) is 26.4. The van der Waals surface area contributed by atoms with Gasteiger partial charge in [-0.2, -0.15) is 0 Å². The third kappa shape index (κ3) is 4.64. The van der Waals surface area contributed by atoms with Crippen molar-refractivity contribution in [2.45, 2.75) is 38.4 Å². The average molecular weight is 560 g/mol. The lowest BCUT2D eigenvalue weighted by atomic mass is 9.43. The number of hydrogen-bond donors (Lipinski definition) is 1. The molecular formula is C32H30FNO5S. The van der Waals surface area contributed by atoms with Gasteiger partial charge in [-0.1, -0.05) is 35.9 Å². The zero-order chi connectivity index (χ0) is 28.4. The van der Waals surface area contributed by atoms with E-state index in [1.807, 2.05) is 31.2 Å². The molecule has 4 aromatic rings. The molecule has 3 aliphatic rings. The third-order valence-corrected chi connectivity index (χ3v) is 9.21. The van der Waals surface area contributed by atoms with Gasteiger partial charge >= 0.3 is 0 Å². The third-order valence-electron chi connectivity index (χ3n) is 8.38. The molecule has 1 heterocycles. The summed E-state index contributed by atoms with van der Waals surface area (Å²) in [7, 11) is -1.94. The van der Waals surface area contributed by atoms with Crippen molar-refractivity contribution < 1.29 is 26.8 Å². The molecular weight excluding hydrogens is 529 g/mol. The highest BCUT2D eigenvalue weighted by atomic mass is 32.2. The summed E-state index contributed by atoms with van der Waals surface area (Å²) in [6.07, 6.45) is 4.55. The molecule has 8 heteroatoms. The van der Waals surface area contributed by atoms with Gasteiger partial charge in [-0.05, 0) is 78.5 Å². The van der Waals surface area contributed by atoms with Gasteiger partial charge in [0.25, 0.3) is 5.91 Å². The van der Waals surface area contributed by atoms with Crippen LogP contribution in [0.2, 0.25) is 0 Å². The summed E-state index contributed by atoms with van der Waals surface area (Å²) >= 11 is 0. The minimum Gasteiger partial charge on any atom is -0.455 e. The maximum atomic E-state index is 14.9. The molecule has 1 N–H and O–H groups in total. The summed E-state index contributed by atoms with van der Waals surface area (Å²) in [5.41, 5.74) is 3.90. The molecule has 0 unspecified atom stereocenters. The van der Waals surface area contributed by atoms with Crippen molar-refractivity contribution in [2.24, 2.45) is 11.3 Å². The van der Waals surface area contributed by atoms with Crippen molar-refractivity contribution in [3.63, 3.8) is 0 Å². The summed E-state index contributed by atoms with van der Waals surface area (Å²) < 4.78 is 45.9. The minimum atomic E-state index is -3.47. The van der Waals surface area contributed by atoms with Crippen LogP contribution in [0.25, 0.3) is 33.4 Å². The Morgan fingerprint density at radius 2 is 1.70 bits per heavy atom. The Morgan fingerprint density at radius 1 is 1.02 bits per heavy atom. The Hall–Kier alpha value is -3.78. The first-order valence-electron chi connectivity index (χ1n) is 13.3. The Morgan fingerprint density at radius 3 is 2.30 bits per heavy atom. The molecule has 0 atom stereocenters. The molecule has 0 aliphatic heterocycles. The zero-order valence-electron chi connectivity index (χ0n) is 22.6. The SMILES string of the molecule is CNC(=O)c1c(-c2ccc(C)cc2)oc2cc(CS(C)(=O)=O)c(-c3ccc(F)c(C(=O)CC45CC(C4)C5)c3)cc12. The largest absolute Gasteiger partial charge is 0.455 e. The molecule has 2 bridgehead atoms. The number of halogens is 1. The Bertz CT molecular complexity index is 1790. The van der Waals surface area contributed by atoms with Crippen LogP contribution >= 0.6 is 0 Å². The minimum absolute atomic E-state index is 0.00619. The Labute approximate surface area is 232 Å². The summed E-state index contributed by atoms with van der Waals surface area (Å²) in [4.78, 5) is 26.3. The molecule has 3 aromatic carbocycles. The van der Waals surface area contributed by atoms with Crippen molar-refractivity contribution >= 4 is 32.5 Å². The van der Waals surface area contributed by atoms with Crippen LogP contribution in [0.5, 0.6) is 0 Å². The number of carbonyl (C=O) groups excluding carboxylic acids is 2. The van der Waals surface area contributed by atoms with E-state index in [-0.39, 0.29) is 28.4 Å². The van der Waals surface area contributed by atoms with Gasteiger partial charge in [0.05, 0.1) is 16.9 Å². The average Bonchev–Trinajstić information content (AvgIpc) is 3.22. The van der Waals surface area contributed by atoms with Gasteiger partial charge < -0.3 is 9.73 Å². The second-order valence-electron chi connectivity index (χ2n) is 11.6. The predicted octanol–water partition coefficient (Wildman–Crippen LogP) is 6.49. The number of Topliss-reactive ketones (excluding diaryl/α,β-unsaturated/α-hetero) is 1. The van der Waals surface area contributed by atoms with Crippen molar-refractivity contribution in [2.75, 3.05) is 13.3 Å². The maximum absolute atomic E-state index is 14.9. The van der Waals surface area contributed by atoms with E-state index in [9.17, 15) is 22.4 Å². The number of ketones is 1. The molecule has 3 aliphatic carbocycles. The number of hydrogen-bond acceptors (Lipinski definition) is 5.